The summed E-state index contributed by atoms with van der Waals surface area (Å²) in [6.07, 6.45) is -0.329. The van der Waals surface area contributed by atoms with Gasteiger partial charge in [-0.15, -0.1) is 0 Å². The van der Waals surface area contributed by atoms with Crippen LogP contribution in [-0.2, 0) is 9.59 Å². The van der Waals surface area contributed by atoms with Crippen molar-refractivity contribution in [1.82, 2.24) is 0 Å². The van der Waals surface area contributed by atoms with E-state index in [0.29, 0.717) is 0 Å². The van der Waals surface area contributed by atoms with Gasteiger partial charge in [-0.1, -0.05) is 6.92 Å². The van der Waals surface area contributed by atoms with E-state index in [2.05, 4.69) is 0 Å². The van der Waals surface area contributed by atoms with Crippen molar-refractivity contribution in [1.29, 1.82) is 0 Å². The van der Waals surface area contributed by atoms with Gasteiger partial charge in [0, 0.05) is 0 Å². The molecule has 0 aromatic rings. The van der Waals surface area contributed by atoms with E-state index in [9.17, 15) is 14.7 Å². The number of hydrogen-bond acceptors (Lipinski definition) is 3. The molecule has 0 heterocycles. The van der Waals surface area contributed by atoms with Crippen molar-refractivity contribution in [3.8, 4) is 0 Å². The van der Waals surface area contributed by atoms with E-state index in [-0.39, 0.29) is 6.42 Å². The van der Waals surface area contributed by atoms with Gasteiger partial charge in [-0.2, -0.15) is 0 Å². The van der Waals surface area contributed by atoms with Crippen LogP contribution >= 0.6 is 0 Å². The van der Waals surface area contributed by atoms with Crippen LogP contribution in [0.25, 0.3) is 0 Å². The standard InChI is InChI=1S/C6H12N2O3/c1-2-6(11,5(8)10)3-4(7)9/h11H,2-3H2,1H3,(H2,7,9)(H2,8,10). The summed E-state index contributed by atoms with van der Waals surface area (Å²) in [6, 6.07) is 0. The quantitative estimate of drug-likeness (QED) is 0.465. The number of carbonyl (C=O) groups is 2. The van der Waals surface area contributed by atoms with Crippen LogP contribution in [0.15, 0.2) is 0 Å². The molecule has 11 heavy (non-hydrogen) atoms. The van der Waals surface area contributed by atoms with Gasteiger partial charge in [0.25, 0.3) is 0 Å². The van der Waals surface area contributed by atoms with Gasteiger partial charge in [0.2, 0.25) is 11.8 Å². The Morgan fingerprint density at radius 1 is 1.45 bits per heavy atom. The lowest BCUT2D eigenvalue weighted by atomic mass is 9.96. The summed E-state index contributed by atoms with van der Waals surface area (Å²) < 4.78 is 0. The third kappa shape index (κ3) is 2.55. The highest BCUT2D eigenvalue weighted by Gasteiger charge is 2.33. The summed E-state index contributed by atoms with van der Waals surface area (Å²) in [5, 5.41) is 9.29. The van der Waals surface area contributed by atoms with Crippen molar-refractivity contribution >= 4 is 11.8 Å². The molecule has 0 spiro atoms. The van der Waals surface area contributed by atoms with Crippen LogP contribution in [0, 0.1) is 0 Å². The topological polar surface area (TPSA) is 106 Å². The Balaban J connectivity index is 4.34. The molecule has 5 N–H and O–H groups in total. The zero-order valence-electron chi connectivity index (χ0n) is 6.33. The van der Waals surface area contributed by atoms with Crippen molar-refractivity contribution in [2.24, 2.45) is 11.5 Å². The highest BCUT2D eigenvalue weighted by Crippen LogP contribution is 2.13. The molecule has 0 aromatic carbocycles. The molecule has 0 aliphatic carbocycles. The van der Waals surface area contributed by atoms with E-state index in [1.54, 1.807) is 6.92 Å². The summed E-state index contributed by atoms with van der Waals surface area (Å²) in [7, 11) is 0. The average Bonchev–Trinajstić information content (AvgIpc) is 1.86. The van der Waals surface area contributed by atoms with Gasteiger partial charge in [-0.05, 0) is 6.42 Å². The van der Waals surface area contributed by atoms with Crippen molar-refractivity contribution in [3.05, 3.63) is 0 Å². The summed E-state index contributed by atoms with van der Waals surface area (Å²) >= 11 is 0. The third-order valence-electron chi connectivity index (χ3n) is 1.51. The van der Waals surface area contributed by atoms with E-state index in [4.69, 9.17) is 11.5 Å². The Hall–Kier alpha value is -1.10. The molecule has 1 atom stereocenters. The molecule has 1 unspecified atom stereocenters. The van der Waals surface area contributed by atoms with E-state index in [1.807, 2.05) is 0 Å². The maximum atomic E-state index is 10.6. The van der Waals surface area contributed by atoms with Crippen LogP contribution < -0.4 is 11.5 Å². The fourth-order valence-electron chi connectivity index (χ4n) is 0.675. The normalized spacial score (nSPS) is 15.5. The first-order valence-corrected chi connectivity index (χ1v) is 3.23. The molecule has 0 fully saturated rings. The molecule has 0 rings (SSSR count). The average molecular weight is 160 g/mol. The summed E-state index contributed by atoms with van der Waals surface area (Å²) in [4.78, 5) is 20.9. The highest BCUT2D eigenvalue weighted by atomic mass is 16.3. The second kappa shape index (κ2) is 3.34. The number of hydrogen-bond donors (Lipinski definition) is 3. The van der Waals surface area contributed by atoms with Gasteiger partial charge < -0.3 is 16.6 Å². The maximum Gasteiger partial charge on any atom is 0.249 e. The zero-order valence-corrected chi connectivity index (χ0v) is 6.33. The molecular formula is C6H12N2O3. The van der Waals surface area contributed by atoms with E-state index in [0.717, 1.165) is 0 Å². The van der Waals surface area contributed by atoms with E-state index < -0.39 is 23.8 Å². The maximum absolute atomic E-state index is 10.6. The largest absolute Gasteiger partial charge is 0.379 e. The Morgan fingerprint density at radius 2 is 1.91 bits per heavy atom. The zero-order chi connectivity index (χ0) is 9.07. The fourth-order valence-corrected chi connectivity index (χ4v) is 0.675. The van der Waals surface area contributed by atoms with Crippen LogP contribution in [-0.4, -0.2) is 22.5 Å². The number of amides is 2. The molecular weight excluding hydrogens is 148 g/mol. The predicted molar refractivity (Wildman–Crippen MR) is 38.2 cm³/mol. The summed E-state index contributed by atoms with van der Waals surface area (Å²) in [5.74, 6) is -1.66. The number of nitrogens with two attached hydrogens (primary N) is 2. The number of aliphatic hydroxyl groups is 1. The van der Waals surface area contributed by atoms with Gasteiger partial charge >= 0.3 is 0 Å². The molecule has 64 valence electrons. The molecule has 5 nitrogen and oxygen atoms in total. The summed E-state index contributed by atoms with van der Waals surface area (Å²) in [5.41, 5.74) is 7.85. The molecule has 0 radical (unpaired) electrons. The first-order valence-electron chi connectivity index (χ1n) is 3.23. The molecule has 0 saturated heterocycles. The van der Waals surface area contributed by atoms with Crippen LogP contribution in [0.3, 0.4) is 0 Å². The number of primary amides is 2. The summed E-state index contributed by atoms with van der Waals surface area (Å²) in [6.45, 7) is 1.55. The van der Waals surface area contributed by atoms with Crippen molar-refractivity contribution in [2.75, 3.05) is 0 Å². The Labute approximate surface area is 64.4 Å². The molecule has 0 aliphatic heterocycles. The first kappa shape index (κ1) is 9.90. The first-order chi connectivity index (χ1) is 4.92. The third-order valence-corrected chi connectivity index (χ3v) is 1.51. The van der Waals surface area contributed by atoms with E-state index in [1.165, 1.54) is 0 Å². The lowest BCUT2D eigenvalue weighted by Crippen LogP contribution is -2.46. The lowest BCUT2D eigenvalue weighted by molar-refractivity contribution is -0.142. The minimum atomic E-state index is -1.77. The fraction of sp³-hybridized carbons (Fsp3) is 0.667. The van der Waals surface area contributed by atoms with Crippen molar-refractivity contribution in [3.63, 3.8) is 0 Å². The monoisotopic (exact) mass is 160 g/mol. The second-order valence-electron chi connectivity index (χ2n) is 2.39. The molecule has 0 saturated carbocycles. The van der Waals surface area contributed by atoms with Crippen molar-refractivity contribution in [2.45, 2.75) is 25.4 Å². The van der Waals surface area contributed by atoms with Gasteiger partial charge in [-0.25, -0.2) is 0 Å². The minimum absolute atomic E-state index is 0.0886. The number of rotatable bonds is 4. The Morgan fingerprint density at radius 3 is 2.00 bits per heavy atom. The second-order valence-corrected chi connectivity index (χ2v) is 2.39. The molecule has 5 heteroatoms. The van der Waals surface area contributed by atoms with E-state index >= 15 is 0 Å². The molecule has 0 aliphatic rings. The van der Waals surface area contributed by atoms with Gasteiger partial charge in [0.1, 0.15) is 0 Å². The van der Waals surface area contributed by atoms with Crippen LogP contribution in [0.5, 0.6) is 0 Å². The smallest absolute Gasteiger partial charge is 0.249 e. The van der Waals surface area contributed by atoms with Gasteiger partial charge in [0.05, 0.1) is 6.42 Å². The minimum Gasteiger partial charge on any atom is -0.379 e. The van der Waals surface area contributed by atoms with Crippen LogP contribution in [0.1, 0.15) is 19.8 Å². The molecule has 0 aromatic heterocycles. The van der Waals surface area contributed by atoms with Gasteiger partial charge in [0.15, 0.2) is 5.60 Å². The SMILES string of the molecule is CCC(O)(CC(N)=O)C(N)=O. The van der Waals surface area contributed by atoms with Crippen LogP contribution in [0.2, 0.25) is 0 Å². The van der Waals surface area contributed by atoms with Gasteiger partial charge in [-0.3, -0.25) is 9.59 Å². The number of carbonyl (C=O) groups excluding carboxylic acids is 2. The highest BCUT2D eigenvalue weighted by molar-refractivity contribution is 5.89. The van der Waals surface area contributed by atoms with Crippen molar-refractivity contribution < 1.29 is 14.7 Å². The molecule has 2 amide bonds. The van der Waals surface area contributed by atoms with Crippen LogP contribution in [0.4, 0.5) is 0 Å². The Kier molecular flexibility index (Phi) is 3.00. The predicted octanol–water partition coefficient (Wildman–Crippen LogP) is -1.51. The lowest BCUT2D eigenvalue weighted by Gasteiger charge is -2.20. The Bertz CT molecular complexity index is 181. The molecule has 0 bridgehead atoms.